The summed E-state index contributed by atoms with van der Waals surface area (Å²) in [5.41, 5.74) is 0. The molecule has 0 aromatic carbocycles. The van der Waals surface area contributed by atoms with Crippen molar-refractivity contribution in [1.82, 2.24) is 0 Å². The van der Waals surface area contributed by atoms with Crippen molar-refractivity contribution in [3.05, 3.63) is 20.1 Å². The molecule has 0 aliphatic rings. The van der Waals surface area contributed by atoms with E-state index in [0.717, 1.165) is 0 Å². The smallest absolute Gasteiger partial charge is 0.518 e. The van der Waals surface area contributed by atoms with Crippen LogP contribution in [-0.2, 0) is 21.7 Å². The van der Waals surface area contributed by atoms with Crippen LogP contribution in [0.2, 0.25) is 0 Å². The second-order valence-corrected chi connectivity index (χ2v) is 0.333. The average molecular weight is 104 g/mol. The summed E-state index contributed by atoms with van der Waals surface area (Å²) in [6.45, 7) is 6.50. The molecule has 0 spiro atoms. The molecule has 0 rings (SSSR count). The Morgan fingerprint density at radius 2 is 1.60 bits per heavy atom. The van der Waals surface area contributed by atoms with E-state index >= 15 is 0 Å². The minimum absolute atomic E-state index is 0. The zero-order valence-corrected chi connectivity index (χ0v) is 5.22. The second kappa shape index (κ2) is 25.1. The Balaban J connectivity index is -0.0000000200. The van der Waals surface area contributed by atoms with E-state index in [1.165, 1.54) is 6.08 Å². The molecular formula is C4H8Ti. The maximum Gasteiger partial charge on any atom is 2.00 e. The van der Waals surface area contributed by atoms with Crippen LogP contribution in [0.25, 0.3) is 0 Å². The Bertz CT molecular complexity index is 11.1. The van der Waals surface area contributed by atoms with E-state index in [1.54, 1.807) is 6.92 Å². The third-order valence-corrected chi connectivity index (χ3v) is 0. The van der Waals surface area contributed by atoms with Gasteiger partial charge in [-0.3, -0.25) is 6.08 Å². The Morgan fingerprint density at radius 1 is 1.60 bits per heavy atom. The van der Waals surface area contributed by atoms with Gasteiger partial charge in [-0.2, -0.15) is 0 Å². The van der Waals surface area contributed by atoms with Gasteiger partial charge in [0.2, 0.25) is 0 Å². The van der Waals surface area contributed by atoms with Gasteiger partial charge in [0, 0.05) is 0 Å². The number of hydrogen-bond donors (Lipinski definition) is 0. The molecule has 0 unspecified atom stereocenters. The van der Waals surface area contributed by atoms with Gasteiger partial charge in [0.05, 0.1) is 0 Å². The first-order valence-corrected chi connectivity index (χ1v) is 0.911. The van der Waals surface area contributed by atoms with Crippen molar-refractivity contribution >= 4 is 0 Å². The van der Waals surface area contributed by atoms with E-state index in [0.29, 0.717) is 0 Å². The molecule has 0 aromatic rings. The monoisotopic (exact) mass is 104 g/mol. The molecule has 0 saturated heterocycles. The second-order valence-electron chi connectivity index (χ2n) is 0.333. The van der Waals surface area contributed by atoms with Gasteiger partial charge in [-0.05, 0) is 0 Å². The van der Waals surface area contributed by atoms with Crippen LogP contribution in [0.4, 0.5) is 0 Å². The topological polar surface area (TPSA) is 0 Å². The van der Waals surface area contributed by atoms with E-state index < -0.39 is 0 Å². The molecule has 0 nitrogen and oxygen atoms in total. The van der Waals surface area contributed by atoms with Crippen molar-refractivity contribution in [3.63, 3.8) is 0 Å². The average Bonchev–Trinajstić information content (AvgIpc) is 0.918. The molecule has 0 radical (unpaired) electrons. The van der Waals surface area contributed by atoms with Crippen molar-refractivity contribution < 1.29 is 21.7 Å². The van der Waals surface area contributed by atoms with Crippen LogP contribution in [0.15, 0.2) is 6.08 Å². The molecule has 0 fully saturated rings. The summed E-state index contributed by atoms with van der Waals surface area (Å²) in [7, 11) is 0. The van der Waals surface area contributed by atoms with Crippen molar-refractivity contribution in [2.24, 2.45) is 0 Å². The van der Waals surface area contributed by atoms with Crippen LogP contribution in [0.5, 0.6) is 0 Å². The first kappa shape index (κ1) is 18.0. The first-order chi connectivity index (χ1) is 1.41. The van der Waals surface area contributed by atoms with Gasteiger partial charge in [0.15, 0.2) is 0 Å². The fourth-order valence-corrected chi connectivity index (χ4v) is 0. The fraction of sp³-hybridized carbons (Fsp3) is 0.250. The molecule has 0 aliphatic heterocycles. The fourth-order valence-electron chi connectivity index (χ4n) is 0. The van der Waals surface area contributed by atoms with E-state index in [2.05, 4.69) is 0 Å². The molecule has 0 saturated carbocycles. The van der Waals surface area contributed by atoms with Crippen LogP contribution in [0.3, 0.4) is 0 Å². The van der Waals surface area contributed by atoms with E-state index in [1.807, 2.05) is 0 Å². The zero-order valence-electron chi connectivity index (χ0n) is 3.65. The summed E-state index contributed by atoms with van der Waals surface area (Å²) in [5, 5.41) is 0. The summed E-state index contributed by atoms with van der Waals surface area (Å²) in [4.78, 5) is 0. The van der Waals surface area contributed by atoms with Gasteiger partial charge in [-0.15, -0.1) is 0 Å². The summed E-state index contributed by atoms with van der Waals surface area (Å²) < 4.78 is 0. The summed E-state index contributed by atoms with van der Waals surface area (Å²) in [6, 6.07) is 0. The van der Waals surface area contributed by atoms with Crippen molar-refractivity contribution in [3.8, 4) is 0 Å². The largest absolute Gasteiger partial charge is 2.00 e. The number of rotatable bonds is 0. The minimum Gasteiger partial charge on any atom is -0.518 e. The molecule has 0 heterocycles. The molecule has 0 aromatic heterocycles. The molecule has 0 atom stereocenters. The SMILES string of the molecule is [CH-]=CC.[CH3-].[Ti+2]. The van der Waals surface area contributed by atoms with Gasteiger partial charge >= 0.3 is 21.7 Å². The Morgan fingerprint density at radius 3 is 1.60 bits per heavy atom. The van der Waals surface area contributed by atoms with Crippen molar-refractivity contribution in [1.29, 1.82) is 0 Å². The van der Waals surface area contributed by atoms with Crippen LogP contribution < -0.4 is 0 Å². The first-order valence-electron chi connectivity index (χ1n) is 0.911. The molecule has 1 heteroatoms. The molecule has 0 aliphatic carbocycles. The van der Waals surface area contributed by atoms with Gasteiger partial charge in [-0.1, -0.05) is 6.92 Å². The summed E-state index contributed by atoms with van der Waals surface area (Å²) >= 11 is 0. The number of allylic oxidation sites excluding steroid dienone is 1. The Labute approximate surface area is 49.2 Å². The Hall–Kier alpha value is 0.454. The van der Waals surface area contributed by atoms with Gasteiger partial charge in [0.25, 0.3) is 0 Å². The predicted octanol–water partition coefficient (Wildman–Crippen LogP) is 1.44. The third-order valence-electron chi connectivity index (χ3n) is 0. The van der Waals surface area contributed by atoms with Gasteiger partial charge < -0.3 is 14.0 Å². The van der Waals surface area contributed by atoms with Crippen LogP contribution in [0.1, 0.15) is 6.92 Å². The summed E-state index contributed by atoms with van der Waals surface area (Å²) in [6.07, 6.45) is 1.50. The third kappa shape index (κ3) is 130. The molecule has 5 heavy (non-hydrogen) atoms. The van der Waals surface area contributed by atoms with Crippen molar-refractivity contribution in [2.75, 3.05) is 0 Å². The van der Waals surface area contributed by atoms with E-state index in [4.69, 9.17) is 6.58 Å². The predicted molar refractivity (Wildman–Crippen MR) is 21.0 cm³/mol. The number of hydrogen-bond acceptors (Lipinski definition) is 0. The minimum atomic E-state index is 0. The Kier molecular flexibility index (Phi) is 90.3. The molecule has 0 N–H and O–H groups in total. The van der Waals surface area contributed by atoms with Crippen molar-refractivity contribution in [2.45, 2.75) is 6.92 Å². The quantitative estimate of drug-likeness (QED) is 0.322. The maximum absolute atomic E-state index is 4.72. The van der Waals surface area contributed by atoms with E-state index in [9.17, 15) is 0 Å². The van der Waals surface area contributed by atoms with Crippen LogP contribution >= 0.6 is 0 Å². The molecular weight excluding hydrogens is 95.9 g/mol. The maximum atomic E-state index is 4.72. The molecule has 28 valence electrons. The summed E-state index contributed by atoms with van der Waals surface area (Å²) in [5.74, 6) is 0. The van der Waals surface area contributed by atoms with Gasteiger partial charge in [-0.25, -0.2) is 0 Å². The normalized spacial score (nSPS) is 2.60. The molecule has 0 bridgehead atoms. The zero-order chi connectivity index (χ0) is 2.71. The van der Waals surface area contributed by atoms with Crippen LogP contribution in [0, 0.1) is 14.0 Å². The van der Waals surface area contributed by atoms with E-state index in [-0.39, 0.29) is 29.1 Å². The molecule has 0 amide bonds. The van der Waals surface area contributed by atoms with Gasteiger partial charge in [0.1, 0.15) is 0 Å². The van der Waals surface area contributed by atoms with Crippen LogP contribution in [-0.4, -0.2) is 0 Å². The standard InChI is InChI=1S/C3H5.CH3.Ti/c1-3-2;;/h1,3H,2H3;1H3;/q2*-1;+2.